The van der Waals surface area contributed by atoms with Gasteiger partial charge in [0.05, 0.1) is 0 Å². The maximum Gasteiger partial charge on any atom is 0.306 e. The van der Waals surface area contributed by atoms with Gasteiger partial charge in [-0.1, -0.05) is 41.9 Å². The molecule has 0 atom stereocenters. The fourth-order valence-electron chi connectivity index (χ4n) is 1.82. The molecule has 0 aromatic heterocycles. The van der Waals surface area contributed by atoms with Crippen LogP contribution in [-0.2, 0) is 16.1 Å². The summed E-state index contributed by atoms with van der Waals surface area (Å²) >= 11 is 3.39. The van der Waals surface area contributed by atoms with E-state index in [1.165, 1.54) is 0 Å². The van der Waals surface area contributed by atoms with Crippen molar-refractivity contribution in [1.29, 1.82) is 0 Å². The molecule has 1 aromatic rings. The van der Waals surface area contributed by atoms with Gasteiger partial charge in [0.1, 0.15) is 6.61 Å². The van der Waals surface area contributed by atoms with E-state index in [4.69, 9.17) is 10.5 Å². The van der Waals surface area contributed by atoms with E-state index in [1.807, 2.05) is 24.3 Å². The lowest BCUT2D eigenvalue weighted by Crippen LogP contribution is -2.19. The molecule has 0 spiro atoms. The summed E-state index contributed by atoms with van der Waals surface area (Å²) in [7, 11) is 0. The Kier molecular flexibility index (Phi) is 6.52. The van der Waals surface area contributed by atoms with Crippen molar-refractivity contribution in [2.24, 2.45) is 11.1 Å². The maximum absolute atomic E-state index is 11.7. The Labute approximate surface area is 123 Å². The van der Waals surface area contributed by atoms with Gasteiger partial charge in [-0.15, -0.1) is 0 Å². The van der Waals surface area contributed by atoms with Gasteiger partial charge in [0.15, 0.2) is 0 Å². The van der Waals surface area contributed by atoms with E-state index in [9.17, 15) is 4.79 Å². The Morgan fingerprint density at radius 3 is 2.74 bits per heavy atom. The zero-order valence-corrected chi connectivity index (χ0v) is 13.2. The monoisotopic (exact) mass is 327 g/mol. The third-order valence-electron chi connectivity index (χ3n) is 3.12. The van der Waals surface area contributed by atoms with Crippen molar-refractivity contribution in [2.75, 3.05) is 6.54 Å². The zero-order chi connectivity index (χ0) is 14.3. The summed E-state index contributed by atoms with van der Waals surface area (Å²) in [5.74, 6) is -0.148. The van der Waals surface area contributed by atoms with Crippen molar-refractivity contribution < 1.29 is 9.53 Å². The van der Waals surface area contributed by atoms with E-state index in [0.29, 0.717) is 19.6 Å². The molecular weight excluding hydrogens is 306 g/mol. The second kappa shape index (κ2) is 7.65. The average Bonchev–Trinajstić information content (AvgIpc) is 2.34. The molecule has 4 heteroatoms. The first-order chi connectivity index (χ1) is 8.93. The highest BCUT2D eigenvalue weighted by Crippen LogP contribution is 2.26. The third-order valence-corrected chi connectivity index (χ3v) is 3.61. The second-order valence-electron chi connectivity index (χ2n) is 5.49. The number of benzene rings is 1. The largest absolute Gasteiger partial charge is 0.461 e. The van der Waals surface area contributed by atoms with Crippen molar-refractivity contribution in [1.82, 2.24) is 0 Å². The smallest absolute Gasteiger partial charge is 0.306 e. The summed E-state index contributed by atoms with van der Waals surface area (Å²) in [6.07, 6.45) is 2.18. The molecule has 19 heavy (non-hydrogen) atoms. The van der Waals surface area contributed by atoms with Crippen molar-refractivity contribution in [3.8, 4) is 0 Å². The second-order valence-corrected chi connectivity index (χ2v) is 6.41. The molecule has 1 aromatic carbocycles. The van der Waals surface area contributed by atoms with Crippen LogP contribution in [0.5, 0.6) is 0 Å². The minimum Gasteiger partial charge on any atom is -0.461 e. The predicted molar refractivity (Wildman–Crippen MR) is 80.6 cm³/mol. The van der Waals surface area contributed by atoms with Crippen LogP contribution in [0.1, 0.15) is 38.7 Å². The molecule has 0 aliphatic carbocycles. The number of hydrogen-bond donors (Lipinski definition) is 1. The SMILES string of the molecule is CC(C)(CCN)CCC(=O)OCc1cccc(Br)c1. The fourth-order valence-corrected chi connectivity index (χ4v) is 2.27. The number of halogens is 1. The van der Waals surface area contributed by atoms with Crippen LogP contribution in [0.2, 0.25) is 0 Å². The lowest BCUT2D eigenvalue weighted by molar-refractivity contribution is -0.145. The van der Waals surface area contributed by atoms with Gasteiger partial charge >= 0.3 is 5.97 Å². The van der Waals surface area contributed by atoms with Crippen molar-refractivity contribution in [3.63, 3.8) is 0 Å². The van der Waals surface area contributed by atoms with Crippen LogP contribution < -0.4 is 5.73 Å². The van der Waals surface area contributed by atoms with Crippen molar-refractivity contribution >= 4 is 21.9 Å². The van der Waals surface area contributed by atoms with E-state index in [0.717, 1.165) is 22.9 Å². The maximum atomic E-state index is 11.7. The first kappa shape index (κ1) is 16.2. The Bertz CT molecular complexity index is 418. The first-order valence-electron chi connectivity index (χ1n) is 6.53. The van der Waals surface area contributed by atoms with Crippen LogP contribution in [0.3, 0.4) is 0 Å². The highest BCUT2D eigenvalue weighted by Gasteiger charge is 2.18. The van der Waals surface area contributed by atoms with E-state index >= 15 is 0 Å². The minimum absolute atomic E-state index is 0.101. The van der Waals surface area contributed by atoms with Crippen molar-refractivity contribution in [3.05, 3.63) is 34.3 Å². The molecule has 0 bridgehead atoms. The molecule has 1 rings (SSSR count). The highest BCUT2D eigenvalue weighted by atomic mass is 79.9. The van der Waals surface area contributed by atoms with Gasteiger partial charge in [0, 0.05) is 10.9 Å². The summed E-state index contributed by atoms with van der Waals surface area (Å²) in [5, 5.41) is 0. The number of rotatable bonds is 7. The van der Waals surface area contributed by atoms with Crippen LogP contribution in [0.15, 0.2) is 28.7 Å². The van der Waals surface area contributed by atoms with Gasteiger partial charge in [-0.05, 0) is 42.5 Å². The summed E-state index contributed by atoms with van der Waals surface area (Å²) in [5.41, 5.74) is 6.64. The Morgan fingerprint density at radius 2 is 2.11 bits per heavy atom. The van der Waals surface area contributed by atoms with E-state index in [1.54, 1.807) is 0 Å². The number of esters is 1. The summed E-state index contributed by atoms with van der Waals surface area (Å²) < 4.78 is 6.26. The summed E-state index contributed by atoms with van der Waals surface area (Å²) in [6, 6.07) is 7.76. The predicted octanol–water partition coefficient (Wildman–Crippen LogP) is 3.65. The zero-order valence-electron chi connectivity index (χ0n) is 11.6. The van der Waals surface area contributed by atoms with E-state index in [-0.39, 0.29) is 11.4 Å². The molecule has 0 saturated heterocycles. The van der Waals surface area contributed by atoms with Gasteiger partial charge in [-0.3, -0.25) is 4.79 Å². The molecule has 0 radical (unpaired) electrons. The fraction of sp³-hybridized carbons (Fsp3) is 0.533. The van der Waals surface area contributed by atoms with E-state index < -0.39 is 0 Å². The number of carbonyl (C=O) groups is 1. The lowest BCUT2D eigenvalue weighted by Gasteiger charge is -2.23. The van der Waals surface area contributed by atoms with Gasteiger partial charge in [-0.25, -0.2) is 0 Å². The van der Waals surface area contributed by atoms with Crippen molar-refractivity contribution in [2.45, 2.75) is 39.7 Å². The minimum atomic E-state index is -0.148. The van der Waals surface area contributed by atoms with Crippen LogP contribution in [-0.4, -0.2) is 12.5 Å². The van der Waals surface area contributed by atoms with Crippen LogP contribution in [0.4, 0.5) is 0 Å². The first-order valence-corrected chi connectivity index (χ1v) is 7.32. The van der Waals surface area contributed by atoms with Gasteiger partial charge in [0.2, 0.25) is 0 Å². The number of hydrogen-bond acceptors (Lipinski definition) is 3. The Morgan fingerprint density at radius 1 is 1.37 bits per heavy atom. The van der Waals surface area contributed by atoms with Crippen LogP contribution in [0.25, 0.3) is 0 Å². The topological polar surface area (TPSA) is 52.3 Å². The molecule has 2 N–H and O–H groups in total. The van der Waals surface area contributed by atoms with E-state index in [2.05, 4.69) is 29.8 Å². The van der Waals surface area contributed by atoms with Gasteiger partial charge in [0.25, 0.3) is 0 Å². The number of carbonyl (C=O) groups excluding carboxylic acids is 1. The molecule has 0 amide bonds. The Balaban J connectivity index is 2.32. The molecule has 0 saturated carbocycles. The summed E-state index contributed by atoms with van der Waals surface area (Å²) in [6.45, 7) is 5.23. The molecule has 106 valence electrons. The van der Waals surface area contributed by atoms with Gasteiger partial charge in [-0.2, -0.15) is 0 Å². The van der Waals surface area contributed by atoms with Crippen LogP contribution >= 0.6 is 15.9 Å². The summed E-state index contributed by atoms with van der Waals surface area (Å²) in [4.78, 5) is 11.7. The Hall–Kier alpha value is -0.870. The molecule has 0 unspecified atom stereocenters. The molecule has 0 heterocycles. The van der Waals surface area contributed by atoms with Gasteiger partial charge < -0.3 is 10.5 Å². The standard InChI is InChI=1S/C15H22BrNO2/c1-15(2,8-9-17)7-6-14(18)19-11-12-4-3-5-13(16)10-12/h3-5,10H,6-9,11,17H2,1-2H3. The quantitative estimate of drug-likeness (QED) is 0.778. The lowest BCUT2D eigenvalue weighted by atomic mass is 9.84. The average molecular weight is 328 g/mol. The molecule has 0 fully saturated rings. The third kappa shape index (κ3) is 6.73. The molecule has 0 aliphatic rings. The highest BCUT2D eigenvalue weighted by molar-refractivity contribution is 9.10. The number of ether oxygens (including phenoxy) is 1. The molecular formula is C15H22BrNO2. The molecule has 3 nitrogen and oxygen atoms in total. The van der Waals surface area contributed by atoms with Crippen LogP contribution in [0, 0.1) is 5.41 Å². The molecule has 0 aliphatic heterocycles. The normalized spacial score (nSPS) is 11.4. The number of nitrogens with two attached hydrogens (primary N) is 1.